The highest BCUT2D eigenvalue weighted by atomic mass is 32.2. The Balaban J connectivity index is 2.83. The molecule has 0 aliphatic rings. The van der Waals surface area contributed by atoms with Gasteiger partial charge in [-0.2, -0.15) is 0 Å². The molecule has 1 aromatic rings. The lowest BCUT2D eigenvalue weighted by Gasteiger charge is -2.25. The van der Waals surface area contributed by atoms with Crippen LogP contribution in [0.5, 0.6) is 0 Å². The highest BCUT2D eigenvalue weighted by Crippen LogP contribution is 2.07. The molecule has 1 heterocycles. The summed E-state index contributed by atoms with van der Waals surface area (Å²) >= 11 is 0. The minimum Gasteiger partial charge on any atom is -0.336 e. The van der Waals surface area contributed by atoms with Gasteiger partial charge in [0.1, 0.15) is 5.75 Å². The molecule has 1 amide bonds. The van der Waals surface area contributed by atoms with Crippen LogP contribution in [0.2, 0.25) is 0 Å². The van der Waals surface area contributed by atoms with Gasteiger partial charge in [-0.25, -0.2) is 8.42 Å². The largest absolute Gasteiger partial charge is 0.336 e. The lowest BCUT2D eigenvalue weighted by atomic mass is 10.2. The van der Waals surface area contributed by atoms with Crippen molar-refractivity contribution < 1.29 is 13.2 Å². The quantitative estimate of drug-likeness (QED) is 0.706. The van der Waals surface area contributed by atoms with Crippen LogP contribution in [0.3, 0.4) is 0 Å². The fourth-order valence-corrected chi connectivity index (χ4v) is 2.61. The summed E-state index contributed by atoms with van der Waals surface area (Å²) in [6, 6.07) is 3.68. The van der Waals surface area contributed by atoms with E-state index in [1.54, 1.807) is 37.2 Å². The van der Waals surface area contributed by atoms with Gasteiger partial charge in [0.05, 0.1) is 5.25 Å². The van der Waals surface area contributed by atoms with Gasteiger partial charge in [-0.1, -0.05) is 6.07 Å². The Labute approximate surface area is 133 Å². The predicted octanol–water partition coefficient (Wildman–Crippen LogP) is 0.795. The van der Waals surface area contributed by atoms with Gasteiger partial charge in [0.25, 0.3) is 0 Å². The molecule has 6 nitrogen and oxygen atoms in total. The first-order chi connectivity index (χ1) is 10.2. The Bertz CT molecular complexity index is 571. The zero-order chi connectivity index (χ0) is 16.8. The smallest absolute Gasteiger partial charge is 0.238 e. The number of nitrogens with zero attached hydrogens (tertiary/aromatic N) is 3. The third-order valence-corrected chi connectivity index (χ3v) is 5.39. The summed E-state index contributed by atoms with van der Waals surface area (Å²) in [7, 11) is 0.435. The maximum atomic E-state index is 12.4. The fraction of sp³-hybridized carbons (Fsp3) is 0.600. The van der Waals surface area contributed by atoms with Crippen LogP contribution in [-0.4, -0.2) is 67.3 Å². The maximum absolute atomic E-state index is 12.4. The van der Waals surface area contributed by atoms with E-state index < -0.39 is 20.8 Å². The zero-order valence-corrected chi connectivity index (χ0v) is 14.5. The molecule has 0 spiro atoms. The Morgan fingerprint density at radius 1 is 1.27 bits per heavy atom. The van der Waals surface area contributed by atoms with Crippen molar-refractivity contribution in [1.82, 2.24) is 14.8 Å². The average Bonchev–Trinajstić information content (AvgIpc) is 2.43. The zero-order valence-electron chi connectivity index (χ0n) is 13.7. The van der Waals surface area contributed by atoms with Gasteiger partial charge in [-0.15, -0.1) is 0 Å². The molecule has 0 aliphatic carbocycles. The first-order valence-electron chi connectivity index (χ1n) is 7.25. The molecule has 0 fully saturated rings. The molecule has 0 saturated carbocycles. The van der Waals surface area contributed by atoms with E-state index in [0.29, 0.717) is 19.6 Å². The summed E-state index contributed by atoms with van der Waals surface area (Å²) in [6.07, 6.45) is 3.35. The SMILES string of the molecule is CC(C)S(=O)(=O)CC(=O)N(CCN(C)C)Cc1cccnc1. The summed E-state index contributed by atoms with van der Waals surface area (Å²) in [6.45, 7) is 4.71. The first kappa shape index (κ1) is 18.6. The molecular formula is C15H25N3O3S. The third kappa shape index (κ3) is 6.11. The Hall–Kier alpha value is -1.47. The van der Waals surface area contributed by atoms with E-state index >= 15 is 0 Å². The number of sulfone groups is 1. The van der Waals surface area contributed by atoms with Crippen LogP contribution in [-0.2, 0) is 21.2 Å². The van der Waals surface area contributed by atoms with Crippen LogP contribution in [0.1, 0.15) is 19.4 Å². The van der Waals surface area contributed by atoms with Crippen molar-refractivity contribution in [2.75, 3.05) is 32.9 Å². The van der Waals surface area contributed by atoms with Crippen molar-refractivity contribution in [2.24, 2.45) is 0 Å². The average molecular weight is 327 g/mol. The maximum Gasteiger partial charge on any atom is 0.238 e. The van der Waals surface area contributed by atoms with Crippen LogP contribution in [0.4, 0.5) is 0 Å². The molecule has 0 unspecified atom stereocenters. The summed E-state index contributed by atoms with van der Waals surface area (Å²) in [5, 5.41) is -0.550. The van der Waals surface area contributed by atoms with Crippen molar-refractivity contribution in [2.45, 2.75) is 25.6 Å². The molecule has 0 aliphatic heterocycles. The second kappa shape index (κ2) is 8.24. The molecule has 22 heavy (non-hydrogen) atoms. The molecule has 0 radical (unpaired) electrons. The van der Waals surface area contributed by atoms with Crippen molar-refractivity contribution >= 4 is 15.7 Å². The van der Waals surface area contributed by atoms with E-state index in [1.807, 2.05) is 25.1 Å². The van der Waals surface area contributed by atoms with Crippen LogP contribution < -0.4 is 0 Å². The van der Waals surface area contributed by atoms with Gasteiger partial charge in [-0.3, -0.25) is 9.78 Å². The molecule has 0 aromatic carbocycles. The third-order valence-electron chi connectivity index (χ3n) is 3.31. The monoisotopic (exact) mass is 327 g/mol. The van der Waals surface area contributed by atoms with Crippen molar-refractivity contribution in [3.8, 4) is 0 Å². The van der Waals surface area contributed by atoms with E-state index in [2.05, 4.69) is 4.98 Å². The number of carbonyl (C=O) groups is 1. The summed E-state index contributed by atoms with van der Waals surface area (Å²) < 4.78 is 23.9. The highest BCUT2D eigenvalue weighted by molar-refractivity contribution is 7.92. The minimum absolute atomic E-state index is 0.362. The minimum atomic E-state index is -3.39. The number of aromatic nitrogens is 1. The number of rotatable bonds is 8. The van der Waals surface area contributed by atoms with E-state index in [4.69, 9.17) is 0 Å². The number of amides is 1. The van der Waals surface area contributed by atoms with Gasteiger partial charge in [0.15, 0.2) is 9.84 Å². The fourth-order valence-electron chi connectivity index (χ4n) is 1.75. The van der Waals surface area contributed by atoms with Crippen molar-refractivity contribution in [1.29, 1.82) is 0 Å². The van der Waals surface area contributed by atoms with Crippen molar-refractivity contribution in [3.05, 3.63) is 30.1 Å². The van der Waals surface area contributed by atoms with Crippen LogP contribution in [0.25, 0.3) is 0 Å². The van der Waals surface area contributed by atoms with Crippen LogP contribution in [0, 0.1) is 0 Å². The van der Waals surface area contributed by atoms with Crippen LogP contribution in [0.15, 0.2) is 24.5 Å². The molecule has 0 atom stereocenters. The molecular weight excluding hydrogens is 302 g/mol. The Morgan fingerprint density at radius 3 is 2.45 bits per heavy atom. The van der Waals surface area contributed by atoms with Gasteiger partial charge < -0.3 is 9.80 Å². The molecule has 1 aromatic heterocycles. The number of pyridine rings is 1. The number of carbonyl (C=O) groups excluding carboxylic acids is 1. The Morgan fingerprint density at radius 2 is 1.95 bits per heavy atom. The lowest BCUT2D eigenvalue weighted by molar-refractivity contribution is -0.129. The molecule has 7 heteroatoms. The first-order valence-corrected chi connectivity index (χ1v) is 8.97. The molecule has 0 saturated heterocycles. The molecule has 0 bridgehead atoms. The number of hydrogen-bond donors (Lipinski definition) is 0. The number of hydrogen-bond acceptors (Lipinski definition) is 5. The number of likely N-dealkylation sites (N-methyl/N-ethyl adjacent to an activating group) is 1. The molecule has 0 N–H and O–H groups in total. The second-order valence-electron chi connectivity index (χ2n) is 5.84. The predicted molar refractivity (Wildman–Crippen MR) is 87.1 cm³/mol. The van der Waals surface area contributed by atoms with Gasteiger partial charge >= 0.3 is 0 Å². The van der Waals surface area contributed by atoms with Crippen molar-refractivity contribution in [3.63, 3.8) is 0 Å². The van der Waals surface area contributed by atoms with Gasteiger partial charge in [0.2, 0.25) is 5.91 Å². The summed E-state index contributed by atoms with van der Waals surface area (Å²) in [5.74, 6) is -0.808. The van der Waals surface area contributed by atoms with Gasteiger partial charge in [0, 0.05) is 32.0 Å². The summed E-state index contributed by atoms with van der Waals surface area (Å²) in [5.41, 5.74) is 0.886. The lowest BCUT2D eigenvalue weighted by Crippen LogP contribution is -2.40. The van der Waals surface area contributed by atoms with Crippen LogP contribution >= 0.6 is 0 Å². The standard InChI is InChI=1S/C15H25N3O3S/c1-13(2)22(20,21)12-15(19)18(9-8-17(3)4)11-14-6-5-7-16-10-14/h5-7,10,13H,8-9,11-12H2,1-4H3. The van der Waals surface area contributed by atoms with E-state index in [-0.39, 0.29) is 5.91 Å². The highest BCUT2D eigenvalue weighted by Gasteiger charge is 2.24. The van der Waals surface area contributed by atoms with E-state index in [1.165, 1.54) is 0 Å². The topological polar surface area (TPSA) is 70.6 Å². The van der Waals surface area contributed by atoms with Gasteiger partial charge in [-0.05, 0) is 39.6 Å². The normalized spacial score (nSPS) is 11.9. The van der Waals surface area contributed by atoms with E-state index in [0.717, 1.165) is 5.56 Å². The van der Waals surface area contributed by atoms with E-state index in [9.17, 15) is 13.2 Å². The molecule has 1 rings (SSSR count). The summed E-state index contributed by atoms with van der Waals surface area (Å²) in [4.78, 5) is 20.0. The molecule has 124 valence electrons. The second-order valence-corrected chi connectivity index (χ2v) is 8.39. The Kier molecular flexibility index (Phi) is 6.96.